The third-order valence-electron chi connectivity index (χ3n) is 4.03. The van der Waals surface area contributed by atoms with Crippen LogP contribution in [0.15, 0.2) is 18.2 Å². The maximum Gasteiger partial charge on any atom is 0.103 e. The molecular formula is C15H19ClN2O. The van der Waals surface area contributed by atoms with Crippen LogP contribution in [0.3, 0.4) is 0 Å². The molecule has 0 amide bonds. The van der Waals surface area contributed by atoms with Crippen LogP contribution in [0.1, 0.15) is 37.7 Å². The second-order valence-corrected chi connectivity index (χ2v) is 5.75. The second-order valence-electron chi connectivity index (χ2n) is 5.35. The molecule has 0 aliphatic heterocycles. The van der Waals surface area contributed by atoms with Gasteiger partial charge in [0.1, 0.15) is 6.07 Å². The van der Waals surface area contributed by atoms with Crippen LogP contribution in [0.25, 0.3) is 0 Å². The standard InChI is InChI=1S/C15H19ClN2O/c16-13-5-4-6-14(12(13)9-17)18-10-15(11-19)7-2-1-3-8-15/h4-6,18-19H,1-3,7-8,10-11H2. The maximum atomic E-state index is 9.67. The van der Waals surface area contributed by atoms with Gasteiger partial charge < -0.3 is 10.4 Å². The van der Waals surface area contributed by atoms with Crippen molar-refractivity contribution in [3.63, 3.8) is 0 Å². The molecule has 3 nitrogen and oxygen atoms in total. The molecule has 4 heteroatoms. The number of benzene rings is 1. The molecule has 0 saturated heterocycles. The lowest BCUT2D eigenvalue weighted by molar-refractivity contribution is 0.0944. The van der Waals surface area contributed by atoms with Crippen molar-refractivity contribution in [2.24, 2.45) is 5.41 Å². The van der Waals surface area contributed by atoms with Gasteiger partial charge in [-0.25, -0.2) is 0 Å². The summed E-state index contributed by atoms with van der Waals surface area (Å²) in [7, 11) is 0. The molecule has 2 N–H and O–H groups in total. The lowest BCUT2D eigenvalue weighted by atomic mass is 9.74. The number of nitriles is 1. The van der Waals surface area contributed by atoms with E-state index in [2.05, 4.69) is 11.4 Å². The van der Waals surface area contributed by atoms with Crippen molar-refractivity contribution in [2.45, 2.75) is 32.1 Å². The first kappa shape index (κ1) is 14.2. The van der Waals surface area contributed by atoms with Gasteiger partial charge in [0.25, 0.3) is 0 Å². The van der Waals surface area contributed by atoms with E-state index >= 15 is 0 Å². The summed E-state index contributed by atoms with van der Waals surface area (Å²) in [6.07, 6.45) is 5.67. The molecule has 1 aromatic rings. The van der Waals surface area contributed by atoms with Crippen molar-refractivity contribution < 1.29 is 5.11 Å². The largest absolute Gasteiger partial charge is 0.396 e. The van der Waals surface area contributed by atoms with Crippen LogP contribution in [0, 0.1) is 16.7 Å². The Bertz CT molecular complexity index is 476. The Hall–Kier alpha value is -1.24. The zero-order chi connectivity index (χ0) is 13.7. The first-order valence-corrected chi connectivity index (χ1v) is 7.12. The predicted molar refractivity (Wildman–Crippen MR) is 77.3 cm³/mol. The SMILES string of the molecule is N#Cc1c(Cl)cccc1NCC1(CO)CCCCC1. The Kier molecular flexibility index (Phi) is 4.68. The zero-order valence-corrected chi connectivity index (χ0v) is 11.7. The molecule has 1 aromatic carbocycles. The fourth-order valence-electron chi connectivity index (χ4n) is 2.76. The number of anilines is 1. The molecule has 0 unspecified atom stereocenters. The van der Waals surface area contributed by atoms with Crippen molar-refractivity contribution in [1.29, 1.82) is 5.26 Å². The molecular weight excluding hydrogens is 260 g/mol. The van der Waals surface area contributed by atoms with E-state index in [1.807, 2.05) is 12.1 Å². The molecule has 1 aliphatic rings. The van der Waals surface area contributed by atoms with Crippen LogP contribution < -0.4 is 5.32 Å². The molecule has 0 heterocycles. The summed E-state index contributed by atoms with van der Waals surface area (Å²) in [5.74, 6) is 0. The van der Waals surface area contributed by atoms with E-state index in [0.717, 1.165) is 18.5 Å². The fourth-order valence-corrected chi connectivity index (χ4v) is 2.98. The molecule has 1 fully saturated rings. The highest BCUT2D eigenvalue weighted by molar-refractivity contribution is 6.32. The van der Waals surface area contributed by atoms with Gasteiger partial charge in [-0.15, -0.1) is 0 Å². The second kappa shape index (κ2) is 6.27. The Morgan fingerprint density at radius 1 is 1.32 bits per heavy atom. The summed E-state index contributed by atoms with van der Waals surface area (Å²) < 4.78 is 0. The molecule has 0 aromatic heterocycles. The van der Waals surface area contributed by atoms with Gasteiger partial charge in [-0.1, -0.05) is 36.9 Å². The quantitative estimate of drug-likeness (QED) is 0.885. The minimum atomic E-state index is -0.0483. The van der Waals surface area contributed by atoms with Gasteiger partial charge in [0.05, 0.1) is 22.9 Å². The summed E-state index contributed by atoms with van der Waals surface area (Å²) >= 11 is 6.01. The Morgan fingerprint density at radius 3 is 2.68 bits per heavy atom. The van der Waals surface area contributed by atoms with Gasteiger partial charge in [0.2, 0.25) is 0 Å². The zero-order valence-electron chi connectivity index (χ0n) is 11.0. The van der Waals surface area contributed by atoms with Gasteiger partial charge in [0, 0.05) is 12.0 Å². The molecule has 2 rings (SSSR count). The van der Waals surface area contributed by atoms with Crippen molar-refractivity contribution in [2.75, 3.05) is 18.5 Å². The summed E-state index contributed by atoms with van der Waals surface area (Å²) in [5.41, 5.74) is 1.19. The first-order valence-electron chi connectivity index (χ1n) is 6.74. The number of nitrogens with one attached hydrogen (secondary N) is 1. The summed E-state index contributed by atoms with van der Waals surface area (Å²) in [6, 6.07) is 7.53. The number of rotatable bonds is 4. The monoisotopic (exact) mass is 278 g/mol. The van der Waals surface area contributed by atoms with E-state index < -0.39 is 0 Å². The summed E-state index contributed by atoms with van der Waals surface area (Å²) in [5, 5.41) is 22.6. The fraction of sp³-hybridized carbons (Fsp3) is 0.533. The topological polar surface area (TPSA) is 56.0 Å². The van der Waals surface area contributed by atoms with E-state index in [4.69, 9.17) is 16.9 Å². The lowest BCUT2D eigenvalue weighted by Crippen LogP contribution is -2.35. The van der Waals surface area contributed by atoms with Crippen molar-refractivity contribution in [3.8, 4) is 6.07 Å². The smallest absolute Gasteiger partial charge is 0.103 e. The molecule has 102 valence electrons. The highest BCUT2D eigenvalue weighted by Gasteiger charge is 2.31. The van der Waals surface area contributed by atoms with Gasteiger partial charge in [-0.05, 0) is 25.0 Å². The summed E-state index contributed by atoms with van der Waals surface area (Å²) in [4.78, 5) is 0. The van der Waals surface area contributed by atoms with E-state index in [9.17, 15) is 5.11 Å². The Labute approximate surface area is 119 Å². The van der Waals surface area contributed by atoms with Crippen molar-refractivity contribution >= 4 is 17.3 Å². The number of nitrogens with zero attached hydrogens (tertiary/aromatic N) is 1. The molecule has 0 radical (unpaired) electrons. The van der Waals surface area contributed by atoms with Crippen LogP contribution in [-0.4, -0.2) is 18.3 Å². The van der Waals surface area contributed by atoms with Crippen LogP contribution in [-0.2, 0) is 0 Å². The van der Waals surface area contributed by atoms with E-state index in [1.165, 1.54) is 19.3 Å². The van der Waals surface area contributed by atoms with Crippen molar-refractivity contribution in [1.82, 2.24) is 0 Å². The lowest BCUT2D eigenvalue weighted by Gasteiger charge is -2.36. The highest BCUT2D eigenvalue weighted by Crippen LogP contribution is 2.36. The molecule has 1 aliphatic carbocycles. The highest BCUT2D eigenvalue weighted by atomic mass is 35.5. The van der Waals surface area contributed by atoms with Crippen LogP contribution in [0.2, 0.25) is 5.02 Å². The number of hydrogen-bond donors (Lipinski definition) is 2. The molecule has 0 atom stereocenters. The molecule has 1 saturated carbocycles. The molecule has 0 spiro atoms. The minimum Gasteiger partial charge on any atom is -0.396 e. The van der Waals surface area contributed by atoms with E-state index in [1.54, 1.807) is 6.07 Å². The minimum absolute atomic E-state index is 0.0483. The Morgan fingerprint density at radius 2 is 2.05 bits per heavy atom. The number of hydrogen-bond acceptors (Lipinski definition) is 3. The average Bonchev–Trinajstić information content (AvgIpc) is 2.46. The first-order chi connectivity index (χ1) is 9.21. The van der Waals surface area contributed by atoms with Crippen LogP contribution in [0.4, 0.5) is 5.69 Å². The number of aliphatic hydroxyl groups is 1. The third-order valence-corrected chi connectivity index (χ3v) is 4.34. The molecule has 19 heavy (non-hydrogen) atoms. The van der Waals surface area contributed by atoms with Crippen LogP contribution in [0.5, 0.6) is 0 Å². The maximum absolute atomic E-state index is 9.67. The number of aliphatic hydroxyl groups excluding tert-OH is 1. The van der Waals surface area contributed by atoms with Crippen molar-refractivity contribution in [3.05, 3.63) is 28.8 Å². The molecule has 0 bridgehead atoms. The van der Waals surface area contributed by atoms with Gasteiger partial charge in [0.15, 0.2) is 0 Å². The Balaban J connectivity index is 2.10. The van der Waals surface area contributed by atoms with E-state index in [-0.39, 0.29) is 12.0 Å². The van der Waals surface area contributed by atoms with Gasteiger partial charge >= 0.3 is 0 Å². The van der Waals surface area contributed by atoms with E-state index in [0.29, 0.717) is 17.1 Å². The average molecular weight is 279 g/mol. The summed E-state index contributed by atoms with van der Waals surface area (Å²) in [6.45, 7) is 0.890. The number of halogens is 1. The normalized spacial score (nSPS) is 17.7. The van der Waals surface area contributed by atoms with Gasteiger partial charge in [-0.3, -0.25) is 0 Å². The van der Waals surface area contributed by atoms with Crippen LogP contribution >= 0.6 is 11.6 Å². The predicted octanol–water partition coefficient (Wildman–Crippen LogP) is 3.57. The third kappa shape index (κ3) is 3.20. The van der Waals surface area contributed by atoms with Gasteiger partial charge in [-0.2, -0.15) is 5.26 Å².